The van der Waals surface area contributed by atoms with E-state index in [4.69, 9.17) is 5.26 Å². The van der Waals surface area contributed by atoms with Gasteiger partial charge in [0.05, 0.1) is 11.6 Å². The third-order valence-corrected chi connectivity index (χ3v) is 3.97. The first-order valence-corrected chi connectivity index (χ1v) is 6.87. The summed E-state index contributed by atoms with van der Waals surface area (Å²) in [5.41, 5.74) is 0.607. The molecule has 0 saturated carbocycles. The summed E-state index contributed by atoms with van der Waals surface area (Å²) in [6.45, 7) is 0.666. The van der Waals surface area contributed by atoms with Crippen LogP contribution in [0.2, 0.25) is 0 Å². The topological polar surface area (TPSA) is 44.1 Å². The predicted molar refractivity (Wildman–Crippen MR) is 71.5 cm³/mol. The summed E-state index contributed by atoms with van der Waals surface area (Å²) in [7, 11) is 0. The molecule has 1 saturated heterocycles. The number of carbonyl (C=O) groups is 1. The van der Waals surface area contributed by atoms with Crippen molar-refractivity contribution in [3.05, 3.63) is 32.7 Å². The van der Waals surface area contributed by atoms with E-state index in [2.05, 4.69) is 37.9 Å². The Morgan fingerprint density at radius 3 is 2.88 bits per heavy atom. The molecule has 3 nitrogen and oxygen atoms in total. The van der Waals surface area contributed by atoms with E-state index < -0.39 is 0 Å². The molecule has 88 valence electrons. The van der Waals surface area contributed by atoms with Crippen LogP contribution in [0.3, 0.4) is 0 Å². The zero-order valence-electron chi connectivity index (χ0n) is 8.99. The largest absolute Gasteiger partial charge is 0.323 e. The zero-order valence-corrected chi connectivity index (χ0v) is 12.2. The summed E-state index contributed by atoms with van der Waals surface area (Å²) >= 11 is 6.72. The molecule has 1 aliphatic rings. The molecule has 0 N–H and O–H groups in total. The number of rotatable bonds is 1. The van der Waals surface area contributed by atoms with Gasteiger partial charge in [-0.05, 0) is 47.0 Å². The van der Waals surface area contributed by atoms with Crippen LogP contribution in [0.1, 0.15) is 23.2 Å². The quantitative estimate of drug-likeness (QED) is 0.773. The summed E-state index contributed by atoms with van der Waals surface area (Å²) < 4.78 is 1.67. The lowest BCUT2D eigenvalue weighted by Crippen LogP contribution is -2.34. The maximum atomic E-state index is 12.3. The molecule has 0 aromatic heterocycles. The molecule has 1 aromatic carbocycles. The summed E-state index contributed by atoms with van der Waals surface area (Å²) in [5, 5.41) is 8.98. The Kier molecular flexibility index (Phi) is 3.85. The van der Waals surface area contributed by atoms with Crippen molar-refractivity contribution in [2.45, 2.75) is 18.9 Å². The van der Waals surface area contributed by atoms with Crippen molar-refractivity contribution in [1.82, 2.24) is 4.90 Å². The molecule has 1 aliphatic heterocycles. The third-order valence-electron chi connectivity index (χ3n) is 2.82. The molecule has 1 amide bonds. The second-order valence-electron chi connectivity index (χ2n) is 3.91. The molecule has 0 spiro atoms. The fourth-order valence-corrected chi connectivity index (χ4v) is 3.18. The van der Waals surface area contributed by atoms with E-state index in [9.17, 15) is 4.79 Å². The molecule has 1 aromatic rings. The van der Waals surface area contributed by atoms with Gasteiger partial charge in [-0.3, -0.25) is 4.79 Å². The van der Waals surface area contributed by atoms with Crippen LogP contribution in [-0.2, 0) is 0 Å². The smallest absolute Gasteiger partial charge is 0.256 e. The first-order chi connectivity index (χ1) is 8.13. The number of nitrogens with zero attached hydrogens (tertiary/aromatic N) is 2. The van der Waals surface area contributed by atoms with Gasteiger partial charge in [0.15, 0.2) is 0 Å². The second kappa shape index (κ2) is 5.19. The molecule has 0 bridgehead atoms. The minimum atomic E-state index is -0.280. The van der Waals surface area contributed by atoms with Gasteiger partial charge in [0.1, 0.15) is 6.04 Å². The van der Waals surface area contributed by atoms with Gasteiger partial charge in [0.2, 0.25) is 0 Å². The van der Waals surface area contributed by atoms with Gasteiger partial charge in [0.25, 0.3) is 5.91 Å². The van der Waals surface area contributed by atoms with E-state index >= 15 is 0 Å². The van der Waals surface area contributed by atoms with Crippen molar-refractivity contribution in [1.29, 1.82) is 5.26 Å². The van der Waals surface area contributed by atoms with Crippen molar-refractivity contribution < 1.29 is 4.79 Å². The van der Waals surface area contributed by atoms with Crippen LogP contribution in [-0.4, -0.2) is 23.4 Å². The number of benzene rings is 1. The summed E-state index contributed by atoms with van der Waals surface area (Å²) in [4.78, 5) is 13.9. The van der Waals surface area contributed by atoms with E-state index in [-0.39, 0.29) is 11.9 Å². The Balaban J connectivity index is 2.28. The van der Waals surface area contributed by atoms with E-state index in [0.717, 1.165) is 21.8 Å². The highest BCUT2D eigenvalue weighted by atomic mass is 79.9. The highest BCUT2D eigenvalue weighted by Crippen LogP contribution is 2.26. The molecule has 1 heterocycles. The Labute approximate surface area is 117 Å². The molecule has 5 heteroatoms. The Bertz CT molecular complexity index is 496. The van der Waals surface area contributed by atoms with E-state index in [1.807, 2.05) is 12.1 Å². The lowest BCUT2D eigenvalue weighted by Gasteiger charge is -2.20. The van der Waals surface area contributed by atoms with Gasteiger partial charge in [-0.25, -0.2) is 0 Å². The zero-order chi connectivity index (χ0) is 12.4. The Morgan fingerprint density at radius 2 is 2.24 bits per heavy atom. The van der Waals surface area contributed by atoms with Gasteiger partial charge >= 0.3 is 0 Å². The van der Waals surface area contributed by atoms with Crippen LogP contribution in [0.5, 0.6) is 0 Å². The highest BCUT2D eigenvalue weighted by molar-refractivity contribution is 9.11. The Hall–Kier alpha value is -0.860. The maximum Gasteiger partial charge on any atom is 0.256 e. The second-order valence-corrected chi connectivity index (χ2v) is 5.68. The van der Waals surface area contributed by atoms with Crippen LogP contribution in [0.25, 0.3) is 0 Å². The minimum absolute atomic E-state index is 0.0755. The first-order valence-electron chi connectivity index (χ1n) is 5.29. The first kappa shape index (κ1) is 12.6. The van der Waals surface area contributed by atoms with Crippen molar-refractivity contribution >= 4 is 37.8 Å². The minimum Gasteiger partial charge on any atom is -0.323 e. The number of likely N-dealkylation sites (tertiary alicyclic amines) is 1. The van der Waals surface area contributed by atoms with Gasteiger partial charge in [-0.1, -0.05) is 15.9 Å². The van der Waals surface area contributed by atoms with Crippen molar-refractivity contribution in [3.8, 4) is 6.07 Å². The monoisotopic (exact) mass is 356 g/mol. The fourth-order valence-electron chi connectivity index (χ4n) is 1.96. The predicted octanol–water partition coefficient (Wildman–Crippen LogP) is 3.34. The molecule has 0 aliphatic carbocycles. The number of halogens is 2. The number of nitriles is 1. The van der Waals surface area contributed by atoms with Gasteiger partial charge in [-0.15, -0.1) is 0 Å². The van der Waals surface area contributed by atoms with E-state index in [1.54, 1.807) is 11.0 Å². The molecular weight excluding hydrogens is 348 g/mol. The standard InChI is InChI=1S/C12H10Br2N2O/c13-8-3-4-10(11(14)6-8)12(17)16-5-1-2-9(16)7-15/h3-4,6,9H,1-2,5H2. The highest BCUT2D eigenvalue weighted by Gasteiger charge is 2.30. The van der Waals surface area contributed by atoms with Gasteiger partial charge in [0, 0.05) is 15.5 Å². The molecule has 2 rings (SSSR count). The van der Waals surface area contributed by atoms with Crippen LogP contribution in [0.4, 0.5) is 0 Å². The number of amides is 1. The van der Waals surface area contributed by atoms with Crippen molar-refractivity contribution in [2.75, 3.05) is 6.54 Å². The normalized spacial score (nSPS) is 19.1. The number of carbonyl (C=O) groups excluding carboxylic acids is 1. The van der Waals surface area contributed by atoms with Gasteiger partial charge in [-0.2, -0.15) is 5.26 Å². The molecule has 1 fully saturated rings. The van der Waals surface area contributed by atoms with Crippen molar-refractivity contribution in [2.24, 2.45) is 0 Å². The number of hydrogen-bond donors (Lipinski definition) is 0. The molecule has 1 atom stereocenters. The lowest BCUT2D eigenvalue weighted by molar-refractivity contribution is 0.0764. The van der Waals surface area contributed by atoms with E-state index in [0.29, 0.717) is 12.1 Å². The summed E-state index contributed by atoms with van der Waals surface area (Å²) in [6.07, 6.45) is 1.68. The Morgan fingerprint density at radius 1 is 1.47 bits per heavy atom. The summed E-state index contributed by atoms with van der Waals surface area (Å²) in [5.74, 6) is -0.0755. The van der Waals surface area contributed by atoms with Crippen LogP contribution < -0.4 is 0 Å². The van der Waals surface area contributed by atoms with Gasteiger partial charge < -0.3 is 4.90 Å². The maximum absolute atomic E-state index is 12.3. The van der Waals surface area contributed by atoms with Crippen LogP contribution in [0.15, 0.2) is 27.1 Å². The number of hydrogen-bond acceptors (Lipinski definition) is 2. The molecule has 1 unspecified atom stereocenters. The molecule has 0 radical (unpaired) electrons. The average Bonchev–Trinajstić information content (AvgIpc) is 2.76. The third kappa shape index (κ3) is 2.53. The fraction of sp³-hybridized carbons (Fsp3) is 0.333. The van der Waals surface area contributed by atoms with Crippen LogP contribution in [0, 0.1) is 11.3 Å². The molecular formula is C12H10Br2N2O. The van der Waals surface area contributed by atoms with Crippen LogP contribution >= 0.6 is 31.9 Å². The van der Waals surface area contributed by atoms with Crippen molar-refractivity contribution in [3.63, 3.8) is 0 Å². The average molecular weight is 358 g/mol. The lowest BCUT2D eigenvalue weighted by atomic mass is 10.2. The SMILES string of the molecule is N#CC1CCCN1C(=O)c1ccc(Br)cc1Br. The summed E-state index contributed by atoms with van der Waals surface area (Å²) in [6, 6.07) is 7.33. The molecule has 17 heavy (non-hydrogen) atoms. The van der Waals surface area contributed by atoms with E-state index in [1.165, 1.54) is 0 Å².